The van der Waals surface area contributed by atoms with E-state index in [0.717, 1.165) is 15.7 Å². The van der Waals surface area contributed by atoms with Crippen LogP contribution >= 0.6 is 11.6 Å². The van der Waals surface area contributed by atoms with E-state index in [1.54, 1.807) is 50.2 Å². The van der Waals surface area contributed by atoms with Crippen LogP contribution in [0, 0.1) is 5.92 Å². The van der Waals surface area contributed by atoms with Crippen LogP contribution in [0.1, 0.15) is 95.8 Å². The molecule has 0 bridgehead atoms. The van der Waals surface area contributed by atoms with E-state index in [1.165, 1.54) is 26.2 Å². The number of benzene rings is 3. The first-order valence-electron chi connectivity index (χ1n) is 31.8. The summed E-state index contributed by atoms with van der Waals surface area (Å²) < 4.78 is 0. The molecule has 18 N–H and O–H groups in total. The second kappa shape index (κ2) is 37.1. The van der Waals surface area contributed by atoms with Gasteiger partial charge in [0.1, 0.15) is 54.4 Å². The van der Waals surface area contributed by atoms with Crippen LogP contribution in [-0.2, 0) is 81.6 Å². The Morgan fingerprint density at radius 1 is 0.670 bits per heavy atom. The fraction of sp³-hybridized carbons (Fsp3) is 0.462. The molecular formula is C65H86ClN17O14. The Hall–Kier alpha value is -10.3. The van der Waals surface area contributed by atoms with Gasteiger partial charge in [0.2, 0.25) is 70.9 Å². The average molecular weight is 1360 g/mol. The van der Waals surface area contributed by atoms with Crippen molar-refractivity contribution >= 4 is 105 Å². The number of hydrogen-bond acceptors (Lipinski definition) is 16. The number of aliphatic imine (C=N–C) groups is 1. The molecule has 0 aliphatic carbocycles. The zero-order valence-electron chi connectivity index (χ0n) is 54.3. The number of carbonyl (C=O) groups excluding carboxylic acids is 13. The van der Waals surface area contributed by atoms with Crippen LogP contribution in [0.15, 0.2) is 96.2 Å². The number of aliphatic hydroxyl groups excluding tert-OH is 1. The lowest BCUT2D eigenvalue weighted by Gasteiger charge is -2.31. The Morgan fingerprint density at radius 3 is 1.92 bits per heavy atom. The molecule has 0 radical (unpaired) electrons. The van der Waals surface area contributed by atoms with E-state index < -0.39 is 163 Å². The molecule has 97 heavy (non-hydrogen) atoms. The molecule has 10 atom stereocenters. The minimum atomic E-state index is -1.88. The normalized spacial score (nSPS) is 19.6. The lowest BCUT2D eigenvalue weighted by molar-refractivity contribution is -0.144. The molecule has 0 spiro atoms. The van der Waals surface area contributed by atoms with E-state index in [2.05, 4.69) is 68.5 Å². The molecule has 2 saturated heterocycles. The second-order valence-electron chi connectivity index (χ2n) is 24.1. The van der Waals surface area contributed by atoms with Crippen LogP contribution in [0.3, 0.4) is 0 Å². The molecule has 0 unspecified atom stereocenters. The van der Waals surface area contributed by atoms with Gasteiger partial charge in [-0.2, -0.15) is 0 Å². The van der Waals surface area contributed by atoms with E-state index in [4.69, 9.17) is 28.8 Å². The number of hydrogen-bond donors (Lipinski definition) is 15. The van der Waals surface area contributed by atoms with Gasteiger partial charge in [-0.05, 0) is 97.0 Å². The Balaban J connectivity index is 1.25. The van der Waals surface area contributed by atoms with Gasteiger partial charge in [0, 0.05) is 76.1 Å². The monoisotopic (exact) mass is 1360 g/mol. The maximum absolute atomic E-state index is 14.7. The number of halogens is 1. The van der Waals surface area contributed by atoms with Gasteiger partial charge >= 0.3 is 0 Å². The first-order valence-corrected chi connectivity index (χ1v) is 32.2. The second-order valence-corrected chi connectivity index (χ2v) is 24.6. The highest BCUT2D eigenvalue weighted by atomic mass is 35.5. The summed E-state index contributed by atoms with van der Waals surface area (Å²) in [5.74, 6) is -12.1. The highest BCUT2D eigenvalue weighted by Crippen LogP contribution is 2.21. The van der Waals surface area contributed by atoms with Gasteiger partial charge in [-0.15, -0.1) is 0 Å². The van der Waals surface area contributed by atoms with E-state index in [1.807, 2.05) is 42.5 Å². The van der Waals surface area contributed by atoms with E-state index in [0.29, 0.717) is 28.1 Å². The summed E-state index contributed by atoms with van der Waals surface area (Å²) in [4.78, 5) is 190. The molecule has 2 fully saturated rings. The molecule has 32 heteroatoms. The minimum Gasteiger partial charge on any atom is -0.394 e. The lowest BCUT2D eigenvalue weighted by Crippen LogP contribution is -2.63. The van der Waals surface area contributed by atoms with E-state index in [-0.39, 0.29) is 76.5 Å². The van der Waals surface area contributed by atoms with Gasteiger partial charge in [0.25, 0.3) is 5.91 Å². The average Bonchev–Trinajstić information content (AvgIpc) is 1.59. The first-order chi connectivity index (χ1) is 46.2. The molecule has 31 nitrogen and oxygen atoms in total. The SMILES string of the molecule is CC(=O)N[C@H](Cc1ccc2ccccc2c1)C(=O)N[C@H](Cc1ccc(Cl)cc1)C(=O)N[C@H](Cc1cccnc1)C(=O)N[C@@H](CO)C(=O)N[C@H]1CCC(=O)NCCC(=O)N[C@H](C(=O)N2CCC[C@H]2C(=O)N[C@H](C)C(N)=O)NC(=O)[C@H](CC(C)C)NC(=O)[C@@H](CCCN=C(N)N)NC1=O. The smallest absolute Gasteiger partial charge is 0.266 e. The summed E-state index contributed by atoms with van der Waals surface area (Å²) in [6, 6.07) is 9.71. The number of nitrogens with zero attached hydrogens (tertiary/aromatic N) is 3. The molecule has 4 aromatic rings. The van der Waals surface area contributed by atoms with Crippen molar-refractivity contribution < 1.29 is 67.4 Å². The highest BCUT2D eigenvalue weighted by Gasteiger charge is 2.41. The maximum atomic E-state index is 14.7. The molecule has 2 aliphatic rings. The van der Waals surface area contributed by atoms with Crippen LogP contribution in [0.4, 0.5) is 0 Å². The number of fused-ring (bicyclic) bond motifs is 1. The lowest BCUT2D eigenvalue weighted by atomic mass is 9.99. The summed E-state index contributed by atoms with van der Waals surface area (Å²) in [6.07, 6.45) is -0.617. The topological polar surface area (TPSA) is 481 Å². The highest BCUT2D eigenvalue weighted by molar-refractivity contribution is 6.30. The van der Waals surface area contributed by atoms with Crippen molar-refractivity contribution in [2.45, 2.75) is 159 Å². The van der Waals surface area contributed by atoms with Crippen molar-refractivity contribution in [2.75, 3.05) is 26.2 Å². The number of pyridine rings is 1. The van der Waals surface area contributed by atoms with Crippen LogP contribution in [-0.4, -0.2) is 185 Å². The van der Waals surface area contributed by atoms with Gasteiger partial charge in [0.15, 0.2) is 12.1 Å². The van der Waals surface area contributed by atoms with Crippen LogP contribution in [0.2, 0.25) is 5.02 Å². The number of nitrogens with two attached hydrogens (primary N) is 3. The Labute approximate surface area is 564 Å². The number of rotatable bonds is 26. The van der Waals surface area contributed by atoms with Crippen molar-refractivity contribution in [2.24, 2.45) is 28.1 Å². The third-order valence-electron chi connectivity index (χ3n) is 15.9. The molecule has 0 saturated carbocycles. The fourth-order valence-electron chi connectivity index (χ4n) is 10.8. The van der Waals surface area contributed by atoms with Crippen molar-refractivity contribution in [1.29, 1.82) is 0 Å². The third-order valence-corrected chi connectivity index (χ3v) is 16.1. The molecule has 1 aromatic heterocycles. The Kier molecular flexibility index (Phi) is 29.0. The van der Waals surface area contributed by atoms with Gasteiger partial charge in [-0.25, -0.2) is 0 Å². The number of primary amides is 1. The zero-order chi connectivity index (χ0) is 70.9. The van der Waals surface area contributed by atoms with Crippen molar-refractivity contribution in [3.63, 3.8) is 0 Å². The molecular weight excluding hydrogens is 1280 g/mol. The first kappa shape index (κ1) is 75.7. The molecule has 6 rings (SSSR count). The summed E-state index contributed by atoms with van der Waals surface area (Å²) in [5.41, 5.74) is 18.1. The van der Waals surface area contributed by atoms with Crippen molar-refractivity contribution in [3.05, 3.63) is 113 Å². The van der Waals surface area contributed by atoms with E-state index in [9.17, 15) is 67.4 Å². The van der Waals surface area contributed by atoms with Gasteiger partial charge in [0.05, 0.1) is 6.61 Å². The third kappa shape index (κ3) is 24.1. The fourth-order valence-corrected chi connectivity index (χ4v) is 10.9. The number of aliphatic hydroxyl groups is 1. The molecule has 522 valence electrons. The number of amides is 13. The quantitative estimate of drug-likeness (QED) is 0.0172. The zero-order valence-corrected chi connectivity index (χ0v) is 55.1. The predicted molar refractivity (Wildman–Crippen MR) is 355 cm³/mol. The van der Waals surface area contributed by atoms with Gasteiger partial charge in [-0.1, -0.05) is 86.1 Å². The van der Waals surface area contributed by atoms with Crippen molar-refractivity contribution in [1.82, 2.24) is 68.4 Å². The van der Waals surface area contributed by atoms with E-state index >= 15 is 0 Å². The molecule has 3 aromatic carbocycles. The number of nitrogens with one attached hydrogen (secondary N) is 11. The summed E-state index contributed by atoms with van der Waals surface area (Å²) >= 11 is 6.21. The van der Waals surface area contributed by atoms with Crippen LogP contribution in [0.25, 0.3) is 10.8 Å². The largest absolute Gasteiger partial charge is 0.394 e. The predicted octanol–water partition coefficient (Wildman–Crippen LogP) is -2.74. The van der Waals surface area contributed by atoms with Gasteiger partial charge in [-0.3, -0.25) is 72.3 Å². The molecule has 13 amide bonds. The van der Waals surface area contributed by atoms with Gasteiger partial charge < -0.3 is 85.7 Å². The van der Waals surface area contributed by atoms with Crippen molar-refractivity contribution in [3.8, 4) is 0 Å². The number of likely N-dealkylation sites (tertiary alicyclic amines) is 1. The Morgan fingerprint density at radius 2 is 1.29 bits per heavy atom. The summed E-state index contributed by atoms with van der Waals surface area (Å²) in [6.45, 7) is 4.54. The minimum absolute atomic E-state index is 0.00772. The number of carbonyl (C=O) groups is 13. The molecule has 2 aliphatic heterocycles. The summed E-state index contributed by atoms with van der Waals surface area (Å²) in [7, 11) is 0. The summed E-state index contributed by atoms with van der Waals surface area (Å²) in [5, 5.41) is 41.2. The molecule has 3 heterocycles. The number of guanidine groups is 1. The maximum Gasteiger partial charge on any atom is 0.266 e. The van der Waals surface area contributed by atoms with Crippen LogP contribution in [0.5, 0.6) is 0 Å². The van der Waals surface area contributed by atoms with Crippen LogP contribution < -0.4 is 75.7 Å². The number of aromatic nitrogens is 1. The standard InChI is InChI=1S/C65H86ClN17O14/c1-35(2)28-46-61(94)82-55(64(97)83-27-9-14-51(83)63(96)73-36(3)54(67)88)81-53(87)23-26-71-52(86)22-21-45(57(90)75-44(56(89)77-46)13-8-25-72-65(68)69)76-62(95)50(34-84)80-60(93)49(32-40-10-7-24-70-33-40)79-59(92)48(30-38-16-19-43(66)20-17-38)78-58(91)47(74-37(4)85)31-39-15-18-41-11-5-6-12-42(41)29-39/h5-7,10-12,15-20,24,29,33,35-36,44-51,55,84H,8-9,13-14,21-23,25-28,30-32,34H2,1-4H3,(H2,67,88)(H,71,86)(H,73,96)(H,74,85)(H,75,90)(H,76,95)(H,77,89)(H,78,91)(H,79,92)(H,80,93)(H,81,87)(H,82,94)(H4,68,69,72)/t36-,44-,45+,46+,47-,48-,49-,50+,51+,55+/m1/s1. The Bertz CT molecular complexity index is 3520.